The van der Waals surface area contributed by atoms with Gasteiger partial charge in [0.05, 0.1) is 9.79 Å². The molecule has 0 aliphatic carbocycles. The molecule has 2 rings (SSSR count). The van der Waals surface area contributed by atoms with Crippen LogP contribution < -0.4 is 10.5 Å². The zero-order valence-electron chi connectivity index (χ0n) is 13.3. The third-order valence-corrected chi connectivity index (χ3v) is 7.09. The number of sulfonamides is 2. The van der Waals surface area contributed by atoms with Gasteiger partial charge in [-0.1, -0.05) is 12.5 Å². The maximum atomic E-state index is 12.6. The van der Waals surface area contributed by atoms with E-state index in [9.17, 15) is 16.8 Å². The number of nitrogens with zero attached hydrogens (tertiary/aromatic N) is 1. The van der Waals surface area contributed by atoms with Gasteiger partial charge in [0.2, 0.25) is 20.0 Å². The van der Waals surface area contributed by atoms with Crippen molar-refractivity contribution < 1.29 is 16.8 Å². The molecule has 1 aliphatic rings. The summed E-state index contributed by atoms with van der Waals surface area (Å²) in [6, 6.07) is 5.49. The van der Waals surface area contributed by atoms with Gasteiger partial charge in [-0.15, -0.1) is 12.4 Å². The molecule has 1 aliphatic heterocycles. The SMILES string of the molecule is Cl.NCCCNS(=O)(=O)c1cccc(S(=O)(=O)N2CCCCC2)c1. The molecule has 0 spiro atoms. The number of nitrogens with one attached hydrogen (secondary N) is 1. The summed E-state index contributed by atoms with van der Waals surface area (Å²) in [6.45, 7) is 1.57. The molecule has 1 heterocycles. The molecule has 1 saturated heterocycles. The lowest BCUT2D eigenvalue weighted by Gasteiger charge is -2.26. The number of piperidine rings is 1. The summed E-state index contributed by atoms with van der Waals surface area (Å²) in [4.78, 5) is -0.0336. The Morgan fingerprint density at radius 3 is 2.29 bits per heavy atom. The lowest BCUT2D eigenvalue weighted by atomic mass is 10.2. The molecule has 0 atom stereocenters. The van der Waals surface area contributed by atoms with Gasteiger partial charge < -0.3 is 5.73 Å². The second-order valence-electron chi connectivity index (χ2n) is 5.48. The highest BCUT2D eigenvalue weighted by molar-refractivity contribution is 7.90. The average Bonchev–Trinajstić information content (AvgIpc) is 2.56. The van der Waals surface area contributed by atoms with Crippen LogP contribution in [-0.2, 0) is 20.0 Å². The van der Waals surface area contributed by atoms with Gasteiger partial charge in [0.25, 0.3) is 0 Å². The fourth-order valence-electron chi connectivity index (χ4n) is 2.45. The van der Waals surface area contributed by atoms with Gasteiger partial charge in [0.1, 0.15) is 0 Å². The van der Waals surface area contributed by atoms with E-state index in [1.165, 1.54) is 28.6 Å². The monoisotopic (exact) mass is 397 g/mol. The molecule has 24 heavy (non-hydrogen) atoms. The van der Waals surface area contributed by atoms with Crippen LogP contribution in [0.15, 0.2) is 34.1 Å². The number of benzene rings is 1. The number of halogens is 1. The quantitative estimate of drug-likeness (QED) is 0.664. The average molecular weight is 398 g/mol. The molecule has 0 aromatic heterocycles. The van der Waals surface area contributed by atoms with Gasteiger partial charge in [-0.05, 0) is 44.0 Å². The van der Waals surface area contributed by atoms with Gasteiger partial charge in [-0.3, -0.25) is 0 Å². The lowest BCUT2D eigenvalue weighted by molar-refractivity contribution is 0.346. The van der Waals surface area contributed by atoms with Crippen molar-refractivity contribution in [1.82, 2.24) is 9.03 Å². The maximum Gasteiger partial charge on any atom is 0.243 e. The van der Waals surface area contributed by atoms with E-state index >= 15 is 0 Å². The summed E-state index contributed by atoms with van der Waals surface area (Å²) in [5, 5.41) is 0. The Labute approximate surface area is 150 Å². The predicted molar refractivity (Wildman–Crippen MR) is 95.2 cm³/mol. The highest BCUT2D eigenvalue weighted by Crippen LogP contribution is 2.22. The molecule has 3 N–H and O–H groups in total. The summed E-state index contributed by atoms with van der Waals surface area (Å²) in [5.41, 5.74) is 5.34. The Morgan fingerprint density at radius 1 is 1.04 bits per heavy atom. The summed E-state index contributed by atoms with van der Waals surface area (Å²) in [6.07, 6.45) is 3.20. The second kappa shape index (κ2) is 9.12. The molecular formula is C14H24ClN3O4S2. The molecular weight excluding hydrogens is 374 g/mol. The zero-order chi connectivity index (χ0) is 16.9. The Morgan fingerprint density at radius 2 is 1.67 bits per heavy atom. The first-order chi connectivity index (χ1) is 10.9. The number of hydrogen-bond donors (Lipinski definition) is 2. The second-order valence-corrected chi connectivity index (χ2v) is 9.18. The molecule has 7 nitrogen and oxygen atoms in total. The lowest BCUT2D eigenvalue weighted by Crippen LogP contribution is -2.35. The maximum absolute atomic E-state index is 12.6. The van der Waals surface area contributed by atoms with Crippen LogP contribution in [0.4, 0.5) is 0 Å². The molecule has 0 unspecified atom stereocenters. The van der Waals surface area contributed by atoms with Crippen LogP contribution >= 0.6 is 12.4 Å². The third kappa shape index (κ3) is 5.14. The number of rotatable bonds is 7. The van der Waals surface area contributed by atoms with Crippen LogP contribution in [0.3, 0.4) is 0 Å². The van der Waals surface area contributed by atoms with Crippen molar-refractivity contribution in [3.05, 3.63) is 24.3 Å². The Bertz CT molecular complexity index is 732. The van der Waals surface area contributed by atoms with Gasteiger partial charge >= 0.3 is 0 Å². The first-order valence-electron chi connectivity index (χ1n) is 7.68. The van der Waals surface area contributed by atoms with Gasteiger partial charge in [-0.25, -0.2) is 21.6 Å². The first-order valence-corrected chi connectivity index (χ1v) is 10.6. The van der Waals surface area contributed by atoms with Crippen LogP contribution in [-0.4, -0.2) is 47.3 Å². The van der Waals surface area contributed by atoms with E-state index in [4.69, 9.17) is 5.73 Å². The van der Waals surface area contributed by atoms with E-state index in [2.05, 4.69) is 4.72 Å². The van der Waals surface area contributed by atoms with Gasteiger partial charge in [0.15, 0.2) is 0 Å². The van der Waals surface area contributed by atoms with Crippen LogP contribution in [0.1, 0.15) is 25.7 Å². The molecule has 10 heteroatoms. The minimum absolute atomic E-state index is 0. The molecule has 1 aromatic carbocycles. The fourth-order valence-corrected chi connectivity index (χ4v) is 5.21. The van der Waals surface area contributed by atoms with Crippen LogP contribution in [0.5, 0.6) is 0 Å². The third-order valence-electron chi connectivity index (χ3n) is 3.74. The first kappa shape index (κ1) is 21.3. The summed E-state index contributed by atoms with van der Waals surface area (Å²) in [7, 11) is -7.38. The smallest absolute Gasteiger partial charge is 0.243 e. The summed E-state index contributed by atoms with van der Waals surface area (Å²) >= 11 is 0. The van der Waals surface area contributed by atoms with Crippen molar-refractivity contribution >= 4 is 32.5 Å². The van der Waals surface area contributed by atoms with Crippen molar-refractivity contribution in [2.45, 2.75) is 35.5 Å². The minimum Gasteiger partial charge on any atom is -0.330 e. The highest BCUT2D eigenvalue weighted by Gasteiger charge is 2.27. The van der Waals surface area contributed by atoms with Crippen LogP contribution in [0.25, 0.3) is 0 Å². The van der Waals surface area contributed by atoms with E-state index in [1.54, 1.807) is 0 Å². The highest BCUT2D eigenvalue weighted by atomic mass is 35.5. The Hall–Kier alpha value is -0.710. The Kier molecular flexibility index (Phi) is 8.10. The predicted octanol–water partition coefficient (Wildman–Crippen LogP) is 0.910. The molecule has 1 aromatic rings. The fraction of sp³-hybridized carbons (Fsp3) is 0.571. The molecule has 138 valence electrons. The van der Waals surface area contributed by atoms with Crippen molar-refractivity contribution in [3.63, 3.8) is 0 Å². The number of nitrogens with two attached hydrogens (primary N) is 1. The molecule has 0 radical (unpaired) electrons. The minimum atomic E-state index is -3.73. The van der Waals surface area contributed by atoms with Gasteiger partial charge in [-0.2, -0.15) is 4.31 Å². The van der Waals surface area contributed by atoms with E-state index in [-0.39, 0.29) is 28.7 Å². The molecule has 0 amide bonds. The van der Waals surface area contributed by atoms with Gasteiger partial charge in [0, 0.05) is 19.6 Å². The van der Waals surface area contributed by atoms with E-state index in [1.807, 2.05) is 0 Å². The van der Waals surface area contributed by atoms with Crippen molar-refractivity contribution in [1.29, 1.82) is 0 Å². The topological polar surface area (TPSA) is 110 Å². The number of hydrogen-bond acceptors (Lipinski definition) is 5. The Balaban J connectivity index is 0.00000288. The largest absolute Gasteiger partial charge is 0.330 e. The summed E-state index contributed by atoms with van der Waals surface area (Å²) < 4.78 is 53.5. The molecule has 1 fully saturated rings. The zero-order valence-corrected chi connectivity index (χ0v) is 15.8. The van der Waals surface area contributed by atoms with Crippen molar-refractivity contribution in [3.8, 4) is 0 Å². The molecule has 0 saturated carbocycles. The summed E-state index contributed by atoms with van der Waals surface area (Å²) in [5.74, 6) is 0. The van der Waals surface area contributed by atoms with Crippen LogP contribution in [0, 0.1) is 0 Å². The standard InChI is InChI=1S/C14H23N3O4S2.ClH/c15-8-5-9-16-22(18,19)13-6-4-7-14(12-13)23(20,21)17-10-2-1-3-11-17;/h4,6-7,12,16H,1-3,5,8-11,15H2;1H. The van der Waals surface area contributed by atoms with E-state index < -0.39 is 20.0 Å². The normalized spacial score (nSPS) is 16.5. The van der Waals surface area contributed by atoms with E-state index in [0.717, 1.165) is 19.3 Å². The van der Waals surface area contributed by atoms with Crippen molar-refractivity contribution in [2.75, 3.05) is 26.2 Å². The van der Waals surface area contributed by atoms with Crippen LogP contribution in [0.2, 0.25) is 0 Å². The van der Waals surface area contributed by atoms with Crippen molar-refractivity contribution in [2.24, 2.45) is 5.73 Å². The van der Waals surface area contributed by atoms with E-state index in [0.29, 0.717) is 26.1 Å². The molecule has 0 bridgehead atoms.